The maximum atomic E-state index is 12.2. The summed E-state index contributed by atoms with van der Waals surface area (Å²) in [6, 6.07) is 15.3. The van der Waals surface area contributed by atoms with E-state index in [0.717, 1.165) is 26.8 Å². The Morgan fingerprint density at radius 1 is 1.15 bits per heavy atom. The van der Waals surface area contributed by atoms with Crippen molar-refractivity contribution in [2.75, 3.05) is 5.32 Å². The number of H-pyrrole nitrogens is 1. The van der Waals surface area contributed by atoms with E-state index in [-0.39, 0.29) is 5.91 Å². The van der Waals surface area contributed by atoms with Gasteiger partial charge in [0.1, 0.15) is 5.82 Å². The van der Waals surface area contributed by atoms with E-state index in [0.29, 0.717) is 16.4 Å². The van der Waals surface area contributed by atoms with Gasteiger partial charge in [0.2, 0.25) is 5.13 Å². The summed E-state index contributed by atoms with van der Waals surface area (Å²) in [5.41, 5.74) is 3.68. The Kier molecular flexibility index (Phi) is 4.68. The van der Waals surface area contributed by atoms with E-state index in [9.17, 15) is 4.79 Å². The first-order chi connectivity index (χ1) is 12.7. The average Bonchev–Trinajstić information content (AvgIpc) is 3.26. The Hall–Kier alpha value is -2.71. The van der Waals surface area contributed by atoms with Crippen LogP contribution in [0.1, 0.15) is 21.7 Å². The molecule has 1 amide bonds. The standard InChI is InChI=1S/C18H15N5OS2/c1-11-6-8-12(9-7-11)16(24)21-17-22-23-18(26-17)25-10-15-19-13-4-2-3-5-14(13)20-15/h2-9H,10H2,1H3,(H,19,20)(H,21,22,24). The van der Waals surface area contributed by atoms with Crippen molar-refractivity contribution in [1.82, 2.24) is 20.2 Å². The molecule has 0 saturated carbocycles. The molecular formula is C18H15N5OS2. The number of hydrogen-bond acceptors (Lipinski definition) is 6. The number of carbonyl (C=O) groups excluding carboxylic acids is 1. The third-order valence-corrected chi connectivity index (χ3v) is 5.69. The molecule has 0 aliphatic heterocycles. The Morgan fingerprint density at radius 3 is 2.77 bits per heavy atom. The molecule has 2 N–H and O–H groups in total. The average molecular weight is 381 g/mol. The van der Waals surface area contributed by atoms with Gasteiger partial charge in [-0.3, -0.25) is 10.1 Å². The van der Waals surface area contributed by atoms with Crippen LogP contribution >= 0.6 is 23.1 Å². The highest BCUT2D eigenvalue weighted by Crippen LogP contribution is 2.28. The number of amides is 1. The van der Waals surface area contributed by atoms with Gasteiger partial charge in [0, 0.05) is 5.56 Å². The highest BCUT2D eigenvalue weighted by atomic mass is 32.2. The fourth-order valence-electron chi connectivity index (χ4n) is 2.40. The van der Waals surface area contributed by atoms with E-state index in [1.807, 2.05) is 43.3 Å². The highest BCUT2D eigenvalue weighted by Gasteiger charge is 2.11. The lowest BCUT2D eigenvalue weighted by Gasteiger charge is -2.01. The number of nitrogens with one attached hydrogen (secondary N) is 2. The predicted octanol–water partition coefficient (Wildman–Crippen LogP) is 4.27. The lowest BCUT2D eigenvalue weighted by atomic mass is 10.1. The van der Waals surface area contributed by atoms with Crippen LogP contribution in [0.25, 0.3) is 11.0 Å². The van der Waals surface area contributed by atoms with Gasteiger partial charge in [0.15, 0.2) is 4.34 Å². The number of aryl methyl sites for hydroxylation is 1. The van der Waals surface area contributed by atoms with Crippen molar-refractivity contribution < 1.29 is 4.79 Å². The van der Waals surface area contributed by atoms with Gasteiger partial charge in [-0.05, 0) is 31.2 Å². The SMILES string of the molecule is Cc1ccc(C(=O)Nc2nnc(SCc3nc4ccccc4[nH]3)s2)cc1. The second kappa shape index (κ2) is 7.27. The normalized spacial score (nSPS) is 11.0. The first kappa shape index (κ1) is 16.7. The van der Waals surface area contributed by atoms with Crippen molar-refractivity contribution in [3.8, 4) is 0 Å². The third-order valence-electron chi connectivity index (χ3n) is 3.71. The molecule has 0 bridgehead atoms. The molecule has 0 saturated heterocycles. The molecule has 8 heteroatoms. The molecule has 0 fully saturated rings. The summed E-state index contributed by atoms with van der Waals surface area (Å²) in [5.74, 6) is 1.36. The number of imidazole rings is 1. The Bertz CT molecular complexity index is 1020. The molecule has 0 radical (unpaired) electrons. The van der Waals surface area contributed by atoms with Crippen LogP contribution in [0.3, 0.4) is 0 Å². The number of aromatic nitrogens is 4. The summed E-state index contributed by atoms with van der Waals surface area (Å²) in [5, 5.41) is 11.4. The van der Waals surface area contributed by atoms with E-state index in [2.05, 4.69) is 25.5 Å². The Labute approximate surface area is 158 Å². The zero-order valence-corrected chi connectivity index (χ0v) is 15.5. The van der Waals surface area contributed by atoms with Gasteiger partial charge < -0.3 is 4.98 Å². The lowest BCUT2D eigenvalue weighted by molar-refractivity contribution is 0.102. The van der Waals surface area contributed by atoms with Gasteiger partial charge in [-0.15, -0.1) is 10.2 Å². The number of anilines is 1. The van der Waals surface area contributed by atoms with Crippen LogP contribution in [0, 0.1) is 6.92 Å². The van der Waals surface area contributed by atoms with Crippen molar-refractivity contribution in [2.24, 2.45) is 0 Å². The zero-order valence-electron chi connectivity index (χ0n) is 13.9. The molecule has 0 aliphatic carbocycles. The molecule has 26 heavy (non-hydrogen) atoms. The quantitative estimate of drug-likeness (QED) is 0.398. The molecule has 2 heterocycles. The molecule has 4 aromatic rings. The number of fused-ring (bicyclic) bond motifs is 1. The number of hydrogen-bond donors (Lipinski definition) is 2. The number of rotatable bonds is 5. The number of aromatic amines is 1. The van der Waals surface area contributed by atoms with Crippen molar-refractivity contribution >= 4 is 45.2 Å². The molecule has 130 valence electrons. The minimum absolute atomic E-state index is 0.185. The van der Waals surface area contributed by atoms with Crippen LogP contribution in [-0.4, -0.2) is 26.1 Å². The van der Waals surface area contributed by atoms with Crippen LogP contribution in [-0.2, 0) is 5.75 Å². The summed E-state index contributed by atoms with van der Waals surface area (Å²) in [4.78, 5) is 20.0. The predicted molar refractivity (Wildman–Crippen MR) is 105 cm³/mol. The first-order valence-corrected chi connectivity index (χ1v) is 9.75. The number of nitrogens with zero attached hydrogens (tertiary/aromatic N) is 3. The minimum Gasteiger partial charge on any atom is -0.341 e. The minimum atomic E-state index is -0.185. The van der Waals surface area contributed by atoms with Crippen LogP contribution in [0.4, 0.5) is 5.13 Å². The van der Waals surface area contributed by atoms with Gasteiger partial charge >= 0.3 is 0 Å². The monoisotopic (exact) mass is 381 g/mol. The van der Waals surface area contributed by atoms with Gasteiger partial charge in [0.25, 0.3) is 5.91 Å². The van der Waals surface area contributed by atoms with Crippen molar-refractivity contribution in [3.63, 3.8) is 0 Å². The molecule has 0 aliphatic rings. The van der Waals surface area contributed by atoms with Crippen molar-refractivity contribution in [1.29, 1.82) is 0 Å². The van der Waals surface area contributed by atoms with Gasteiger partial charge in [-0.2, -0.15) is 0 Å². The molecule has 2 aromatic carbocycles. The summed E-state index contributed by atoms with van der Waals surface area (Å²) in [6.45, 7) is 1.98. The van der Waals surface area contributed by atoms with Gasteiger partial charge in [0.05, 0.1) is 16.8 Å². The summed E-state index contributed by atoms with van der Waals surface area (Å²) >= 11 is 2.89. The maximum absolute atomic E-state index is 12.2. The van der Waals surface area contributed by atoms with E-state index in [1.54, 1.807) is 12.1 Å². The number of benzene rings is 2. The molecular weight excluding hydrogens is 366 g/mol. The largest absolute Gasteiger partial charge is 0.341 e. The van der Waals surface area contributed by atoms with Crippen molar-refractivity contribution in [2.45, 2.75) is 17.0 Å². The number of carbonyl (C=O) groups is 1. The van der Waals surface area contributed by atoms with E-state index in [1.165, 1.54) is 23.1 Å². The molecule has 6 nitrogen and oxygen atoms in total. The highest BCUT2D eigenvalue weighted by molar-refractivity contribution is 8.00. The van der Waals surface area contributed by atoms with Gasteiger partial charge in [-0.1, -0.05) is 52.9 Å². The molecule has 2 aromatic heterocycles. The fourth-order valence-corrected chi connectivity index (χ4v) is 4.01. The lowest BCUT2D eigenvalue weighted by Crippen LogP contribution is -2.11. The van der Waals surface area contributed by atoms with Crippen LogP contribution in [0.2, 0.25) is 0 Å². The summed E-state index contributed by atoms with van der Waals surface area (Å²) < 4.78 is 0.782. The molecule has 0 unspecified atom stereocenters. The van der Waals surface area contributed by atoms with E-state index in [4.69, 9.17) is 0 Å². The van der Waals surface area contributed by atoms with Gasteiger partial charge in [-0.25, -0.2) is 4.98 Å². The summed E-state index contributed by atoms with van der Waals surface area (Å²) in [7, 11) is 0. The topological polar surface area (TPSA) is 83.6 Å². The van der Waals surface area contributed by atoms with Crippen LogP contribution < -0.4 is 5.32 Å². The Morgan fingerprint density at radius 2 is 1.96 bits per heavy atom. The van der Waals surface area contributed by atoms with Crippen LogP contribution in [0.15, 0.2) is 52.9 Å². The first-order valence-electron chi connectivity index (χ1n) is 7.95. The second-order valence-corrected chi connectivity index (χ2v) is 7.88. The summed E-state index contributed by atoms with van der Waals surface area (Å²) in [6.07, 6.45) is 0. The number of thioether (sulfide) groups is 1. The molecule has 0 atom stereocenters. The molecule has 4 rings (SSSR count). The fraction of sp³-hybridized carbons (Fsp3) is 0.111. The van der Waals surface area contributed by atoms with E-state index < -0.39 is 0 Å². The Balaban J connectivity index is 1.38. The van der Waals surface area contributed by atoms with Crippen LogP contribution in [0.5, 0.6) is 0 Å². The van der Waals surface area contributed by atoms with Crippen molar-refractivity contribution in [3.05, 3.63) is 65.5 Å². The number of para-hydroxylation sites is 2. The van der Waals surface area contributed by atoms with E-state index >= 15 is 0 Å². The zero-order chi connectivity index (χ0) is 17.9. The maximum Gasteiger partial charge on any atom is 0.257 e. The second-order valence-electron chi connectivity index (χ2n) is 5.68. The third kappa shape index (κ3) is 3.76. The molecule has 0 spiro atoms. The smallest absolute Gasteiger partial charge is 0.257 e.